The summed E-state index contributed by atoms with van der Waals surface area (Å²) in [7, 11) is 1.59. The van der Waals surface area contributed by atoms with Crippen LogP contribution in [0.15, 0.2) is 36.4 Å². The molecule has 1 fully saturated rings. The van der Waals surface area contributed by atoms with Crippen LogP contribution in [-0.4, -0.2) is 64.3 Å². The number of hydrogen-bond acceptors (Lipinski definition) is 7. The molecular weight excluding hydrogens is 458 g/mol. The molecule has 0 aliphatic carbocycles. The van der Waals surface area contributed by atoms with E-state index in [-0.39, 0.29) is 48.8 Å². The van der Waals surface area contributed by atoms with E-state index in [0.717, 1.165) is 11.1 Å². The summed E-state index contributed by atoms with van der Waals surface area (Å²) >= 11 is 1.33. The average molecular weight is 482 g/mol. The fourth-order valence-electron chi connectivity index (χ4n) is 4.24. The summed E-state index contributed by atoms with van der Waals surface area (Å²) in [6.07, 6.45) is 0.392. The van der Waals surface area contributed by atoms with Gasteiger partial charge in [-0.3, -0.25) is 19.3 Å². The van der Waals surface area contributed by atoms with Crippen molar-refractivity contribution in [2.75, 3.05) is 25.7 Å². The topological polar surface area (TPSA) is 105 Å². The predicted octanol–water partition coefficient (Wildman–Crippen LogP) is 2.68. The van der Waals surface area contributed by atoms with Gasteiger partial charge in [0.05, 0.1) is 17.0 Å². The summed E-state index contributed by atoms with van der Waals surface area (Å²) in [5, 5.41) is 2.08. The number of nitrogens with zero attached hydrogens (tertiary/aromatic N) is 2. The van der Waals surface area contributed by atoms with Gasteiger partial charge in [0.15, 0.2) is 17.3 Å². The average Bonchev–Trinajstić information content (AvgIpc) is 3.33. The fraction of sp³-hybridized carbons (Fsp3) is 0.333. The van der Waals surface area contributed by atoms with Gasteiger partial charge in [-0.05, 0) is 48.7 Å². The van der Waals surface area contributed by atoms with Crippen LogP contribution in [0.2, 0.25) is 0 Å². The smallest absolute Gasteiger partial charge is 0.327 e. The first-order valence-corrected chi connectivity index (χ1v) is 11.8. The Balaban J connectivity index is 1.28. The van der Waals surface area contributed by atoms with Crippen molar-refractivity contribution in [2.24, 2.45) is 0 Å². The molecule has 0 aromatic heterocycles. The third kappa shape index (κ3) is 4.09. The van der Waals surface area contributed by atoms with Gasteiger partial charge in [0, 0.05) is 18.3 Å². The van der Waals surface area contributed by atoms with E-state index < -0.39 is 5.25 Å². The first kappa shape index (κ1) is 22.3. The Labute approximate surface area is 200 Å². The van der Waals surface area contributed by atoms with Crippen LogP contribution in [0.3, 0.4) is 0 Å². The monoisotopic (exact) mass is 481 g/mol. The molecule has 176 valence electrons. The standard InChI is InChI=1S/C24H23N3O6S/c1-13-22(29)17-9-19-18(32-12-33-19)7-15(17)8-20(34-13)23(30)25-16-5-3-14(4-6-16)10-27-21(28)11-26(2)24(27)31/h3-7,9,13,20H,8,10-12H2,1-2H3,(H,25,30)/t13-,20+/m0/s1. The molecule has 3 aliphatic heterocycles. The molecular formula is C24H23N3O6S. The third-order valence-corrected chi connectivity index (χ3v) is 7.42. The molecule has 0 bridgehead atoms. The highest BCUT2D eigenvalue weighted by molar-refractivity contribution is 8.02. The number of benzene rings is 2. The van der Waals surface area contributed by atoms with Crippen molar-refractivity contribution in [1.82, 2.24) is 9.80 Å². The lowest BCUT2D eigenvalue weighted by Crippen LogP contribution is -2.31. The van der Waals surface area contributed by atoms with Crippen LogP contribution in [0.5, 0.6) is 11.5 Å². The summed E-state index contributed by atoms with van der Waals surface area (Å²) in [5.74, 6) is 0.671. The maximum atomic E-state index is 13.1. The van der Waals surface area contributed by atoms with E-state index in [1.165, 1.54) is 21.6 Å². The molecule has 9 nitrogen and oxygen atoms in total. The highest BCUT2D eigenvalue weighted by atomic mass is 32.2. The number of carbonyl (C=O) groups is 4. The molecule has 34 heavy (non-hydrogen) atoms. The van der Waals surface area contributed by atoms with Crippen molar-refractivity contribution >= 4 is 41.1 Å². The zero-order valence-corrected chi connectivity index (χ0v) is 19.5. The second-order valence-corrected chi connectivity index (χ2v) is 10.1. The van der Waals surface area contributed by atoms with Gasteiger partial charge in [-0.1, -0.05) is 12.1 Å². The predicted molar refractivity (Wildman–Crippen MR) is 125 cm³/mol. The van der Waals surface area contributed by atoms with E-state index in [1.54, 1.807) is 50.4 Å². The number of fused-ring (bicyclic) bond motifs is 2. The molecule has 5 rings (SSSR count). The van der Waals surface area contributed by atoms with Gasteiger partial charge >= 0.3 is 6.03 Å². The number of amides is 4. The van der Waals surface area contributed by atoms with E-state index in [9.17, 15) is 19.2 Å². The number of ketones is 1. The number of urea groups is 1. The maximum absolute atomic E-state index is 13.1. The Morgan fingerprint density at radius 1 is 1.12 bits per heavy atom. The van der Waals surface area contributed by atoms with Crippen LogP contribution in [-0.2, 0) is 22.6 Å². The zero-order valence-electron chi connectivity index (χ0n) is 18.7. The van der Waals surface area contributed by atoms with E-state index in [4.69, 9.17) is 9.47 Å². The molecule has 0 unspecified atom stereocenters. The first-order valence-electron chi connectivity index (χ1n) is 10.9. The van der Waals surface area contributed by atoms with Crippen molar-refractivity contribution in [3.05, 3.63) is 53.1 Å². The Kier molecular flexibility index (Phi) is 5.68. The molecule has 3 heterocycles. The van der Waals surface area contributed by atoms with Crippen molar-refractivity contribution in [2.45, 2.75) is 30.4 Å². The molecule has 0 radical (unpaired) electrons. The molecule has 10 heteroatoms. The molecule has 3 aliphatic rings. The molecule has 1 saturated heterocycles. The molecule has 4 amide bonds. The van der Waals surface area contributed by atoms with Gasteiger partial charge < -0.3 is 19.7 Å². The lowest BCUT2D eigenvalue weighted by atomic mass is 9.97. The number of thioether (sulfide) groups is 1. The van der Waals surface area contributed by atoms with Crippen LogP contribution in [0.1, 0.15) is 28.4 Å². The van der Waals surface area contributed by atoms with E-state index >= 15 is 0 Å². The highest BCUT2D eigenvalue weighted by Gasteiger charge is 2.35. The van der Waals surface area contributed by atoms with Crippen molar-refractivity contribution in [3.8, 4) is 11.5 Å². The number of Topliss-reactive ketones (excluding diaryl/α,β-unsaturated/α-hetero) is 1. The lowest BCUT2D eigenvalue weighted by Gasteiger charge is -2.17. The number of carbonyl (C=O) groups excluding carboxylic acids is 4. The number of ether oxygens (including phenoxy) is 2. The van der Waals surface area contributed by atoms with E-state index in [2.05, 4.69) is 5.32 Å². The van der Waals surface area contributed by atoms with Crippen LogP contribution in [0.25, 0.3) is 0 Å². The summed E-state index contributed by atoms with van der Waals surface area (Å²) in [4.78, 5) is 52.6. The third-order valence-electron chi connectivity index (χ3n) is 6.09. The van der Waals surface area contributed by atoms with Gasteiger partial charge in [0.25, 0.3) is 5.91 Å². The Morgan fingerprint density at radius 2 is 1.82 bits per heavy atom. The molecule has 2 atom stereocenters. The van der Waals surface area contributed by atoms with Crippen LogP contribution >= 0.6 is 11.8 Å². The van der Waals surface area contributed by atoms with Crippen LogP contribution < -0.4 is 14.8 Å². The number of rotatable bonds is 4. The molecule has 2 aromatic rings. The molecule has 0 spiro atoms. The number of imide groups is 1. The summed E-state index contributed by atoms with van der Waals surface area (Å²) in [6, 6.07) is 10.2. The van der Waals surface area contributed by atoms with E-state index in [1.807, 2.05) is 0 Å². The number of likely N-dealkylation sites (N-methyl/N-ethyl adjacent to an activating group) is 1. The van der Waals surface area contributed by atoms with E-state index in [0.29, 0.717) is 29.2 Å². The van der Waals surface area contributed by atoms with Crippen molar-refractivity contribution in [1.29, 1.82) is 0 Å². The quantitative estimate of drug-likeness (QED) is 0.670. The SMILES string of the molecule is C[C@@H]1S[C@@H](C(=O)Nc2ccc(CN3C(=O)CN(C)C3=O)cc2)Cc2cc3c(cc2C1=O)OCO3. The lowest BCUT2D eigenvalue weighted by molar-refractivity contribution is -0.125. The van der Waals surface area contributed by atoms with Gasteiger partial charge in [0.2, 0.25) is 12.7 Å². The number of hydrogen-bond donors (Lipinski definition) is 1. The Morgan fingerprint density at radius 3 is 2.50 bits per heavy atom. The normalized spacial score (nSPS) is 21.5. The second kappa shape index (κ2) is 8.68. The maximum Gasteiger partial charge on any atom is 0.327 e. The largest absolute Gasteiger partial charge is 0.454 e. The fourth-order valence-corrected chi connectivity index (χ4v) is 5.44. The van der Waals surface area contributed by atoms with Gasteiger partial charge in [-0.15, -0.1) is 11.8 Å². The molecule has 1 N–H and O–H groups in total. The van der Waals surface area contributed by atoms with Crippen LogP contribution in [0, 0.1) is 0 Å². The molecule has 0 saturated carbocycles. The minimum atomic E-state index is -0.462. The van der Waals surface area contributed by atoms with Crippen molar-refractivity contribution in [3.63, 3.8) is 0 Å². The summed E-state index contributed by atoms with van der Waals surface area (Å²) in [6.45, 7) is 2.19. The van der Waals surface area contributed by atoms with Crippen molar-refractivity contribution < 1.29 is 28.7 Å². The zero-order chi connectivity index (χ0) is 24.0. The Bertz CT molecular complexity index is 1200. The number of nitrogens with one attached hydrogen (secondary N) is 1. The van der Waals surface area contributed by atoms with Gasteiger partial charge in [0.1, 0.15) is 6.54 Å². The first-order chi connectivity index (χ1) is 16.3. The molecule has 2 aromatic carbocycles. The highest BCUT2D eigenvalue weighted by Crippen LogP contribution is 2.39. The minimum absolute atomic E-state index is 0.0328. The van der Waals surface area contributed by atoms with Crippen LogP contribution in [0.4, 0.5) is 10.5 Å². The Hall–Kier alpha value is -3.53. The summed E-state index contributed by atoms with van der Waals surface area (Å²) in [5.41, 5.74) is 2.72. The number of anilines is 1. The van der Waals surface area contributed by atoms with Gasteiger partial charge in [-0.25, -0.2) is 4.79 Å². The summed E-state index contributed by atoms with van der Waals surface area (Å²) < 4.78 is 10.9. The minimum Gasteiger partial charge on any atom is -0.454 e. The van der Waals surface area contributed by atoms with Gasteiger partial charge in [-0.2, -0.15) is 0 Å². The second-order valence-electron chi connectivity index (χ2n) is 8.50.